The van der Waals surface area contributed by atoms with Gasteiger partial charge in [0.25, 0.3) is 11.8 Å². The molecule has 0 heterocycles. The van der Waals surface area contributed by atoms with Crippen LogP contribution in [0.25, 0.3) is 0 Å². The van der Waals surface area contributed by atoms with Crippen LogP contribution in [0.4, 0.5) is 5.69 Å². The third-order valence-corrected chi connectivity index (χ3v) is 5.81. The van der Waals surface area contributed by atoms with Gasteiger partial charge in [0.05, 0.1) is 12.5 Å². The van der Waals surface area contributed by atoms with Gasteiger partial charge in [0.2, 0.25) is 0 Å². The number of nitrogens with one attached hydrogen (secondary N) is 2. The van der Waals surface area contributed by atoms with Gasteiger partial charge in [-0.25, -0.2) is 0 Å². The number of para-hydroxylation sites is 1. The van der Waals surface area contributed by atoms with E-state index in [4.69, 9.17) is 4.74 Å². The predicted octanol–water partition coefficient (Wildman–Crippen LogP) is 5.32. The summed E-state index contributed by atoms with van der Waals surface area (Å²) < 4.78 is 5.27. The van der Waals surface area contributed by atoms with Gasteiger partial charge in [-0.15, -0.1) is 0 Å². The molecule has 37 heavy (non-hydrogen) atoms. The maximum absolute atomic E-state index is 12.7. The second-order valence-electron chi connectivity index (χ2n) is 8.54. The Hall–Kier alpha value is -4.71. The Balaban J connectivity index is 1.35. The van der Waals surface area contributed by atoms with Crippen LogP contribution in [0.5, 0.6) is 0 Å². The van der Waals surface area contributed by atoms with Crippen LogP contribution in [0.3, 0.4) is 0 Å². The van der Waals surface area contributed by atoms with Crippen molar-refractivity contribution >= 4 is 23.5 Å². The highest BCUT2D eigenvalue weighted by atomic mass is 16.5. The Bertz CT molecular complexity index is 1330. The van der Waals surface area contributed by atoms with Crippen molar-refractivity contribution in [1.29, 1.82) is 0 Å². The Kier molecular flexibility index (Phi) is 8.81. The number of rotatable bonds is 10. The highest BCUT2D eigenvalue weighted by molar-refractivity contribution is 5.95. The summed E-state index contributed by atoms with van der Waals surface area (Å²) in [5, 5.41) is 5.74. The largest absolute Gasteiger partial charge is 0.455 e. The van der Waals surface area contributed by atoms with Crippen molar-refractivity contribution in [3.05, 3.63) is 138 Å². The molecule has 4 rings (SSSR count). The number of esters is 1. The average Bonchev–Trinajstić information content (AvgIpc) is 2.94. The molecule has 6 nitrogen and oxygen atoms in total. The summed E-state index contributed by atoms with van der Waals surface area (Å²) in [6, 6.07) is 34.9. The molecule has 2 amide bonds. The van der Waals surface area contributed by atoms with Gasteiger partial charge in [0, 0.05) is 11.3 Å². The summed E-state index contributed by atoms with van der Waals surface area (Å²) in [7, 11) is 0. The minimum atomic E-state index is -0.601. The maximum Gasteiger partial charge on any atom is 0.308 e. The second-order valence-corrected chi connectivity index (χ2v) is 8.54. The first-order valence-corrected chi connectivity index (χ1v) is 12.1. The van der Waals surface area contributed by atoms with Crippen LogP contribution in [0.1, 0.15) is 39.5 Å². The molecule has 1 atom stereocenters. The van der Waals surface area contributed by atoms with Crippen molar-refractivity contribution in [3.63, 3.8) is 0 Å². The Morgan fingerprint density at radius 3 is 2.00 bits per heavy atom. The zero-order valence-corrected chi connectivity index (χ0v) is 20.3. The van der Waals surface area contributed by atoms with Gasteiger partial charge >= 0.3 is 5.97 Å². The van der Waals surface area contributed by atoms with Crippen molar-refractivity contribution in [2.75, 3.05) is 11.9 Å². The van der Waals surface area contributed by atoms with Crippen molar-refractivity contribution in [1.82, 2.24) is 5.32 Å². The Labute approximate surface area is 216 Å². The fraction of sp³-hybridized carbons (Fsp3) is 0.129. The summed E-state index contributed by atoms with van der Waals surface area (Å²) >= 11 is 0. The number of amides is 2. The predicted molar refractivity (Wildman–Crippen MR) is 143 cm³/mol. The van der Waals surface area contributed by atoms with E-state index < -0.39 is 24.5 Å². The summed E-state index contributed by atoms with van der Waals surface area (Å²) in [4.78, 5) is 38.0. The van der Waals surface area contributed by atoms with E-state index in [1.807, 2.05) is 91.0 Å². The molecule has 2 N–H and O–H groups in total. The smallest absolute Gasteiger partial charge is 0.308 e. The van der Waals surface area contributed by atoms with E-state index in [2.05, 4.69) is 10.6 Å². The van der Waals surface area contributed by atoms with Gasteiger partial charge in [-0.05, 0) is 41.3 Å². The summed E-state index contributed by atoms with van der Waals surface area (Å²) in [6.07, 6.45) is 0.553. The molecule has 0 saturated carbocycles. The fourth-order valence-corrected chi connectivity index (χ4v) is 3.94. The van der Waals surface area contributed by atoms with Gasteiger partial charge in [0.15, 0.2) is 6.61 Å². The summed E-state index contributed by atoms with van der Waals surface area (Å²) in [5.41, 5.74) is 4.01. The number of carbonyl (C=O) groups is 3. The maximum atomic E-state index is 12.7. The molecular weight excluding hydrogens is 464 g/mol. The second kappa shape index (κ2) is 12.8. The molecule has 0 aliphatic rings. The lowest BCUT2D eigenvalue weighted by molar-refractivity contribution is -0.147. The number of ether oxygens (including phenoxy) is 1. The molecule has 0 aliphatic heterocycles. The minimum absolute atomic E-state index is 0.111. The molecule has 4 aromatic rings. The van der Waals surface area contributed by atoms with E-state index in [0.29, 0.717) is 17.7 Å². The SMILES string of the molecule is O=C(COC(=O)CC(NC(=O)c1ccccc1)c1ccccc1)Nc1ccccc1Cc1ccccc1. The lowest BCUT2D eigenvalue weighted by atomic mass is 10.0. The average molecular weight is 493 g/mol. The van der Waals surface area contributed by atoms with Gasteiger partial charge < -0.3 is 15.4 Å². The van der Waals surface area contributed by atoms with Crippen molar-refractivity contribution in [2.45, 2.75) is 18.9 Å². The van der Waals surface area contributed by atoms with Crippen molar-refractivity contribution < 1.29 is 19.1 Å². The number of anilines is 1. The Morgan fingerprint density at radius 2 is 1.30 bits per heavy atom. The molecule has 0 fully saturated rings. The normalized spacial score (nSPS) is 11.2. The van der Waals surface area contributed by atoms with Gasteiger partial charge in [-0.1, -0.05) is 97.1 Å². The summed E-state index contributed by atoms with van der Waals surface area (Å²) in [5.74, 6) is -1.32. The third-order valence-electron chi connectivity index (χ3n) is 5.81. The van der Waals surface area contributed by atoms with E-state index in [9.17, 15) is 14.4 Å². The van der Waals surface area contributed by atoms with Gasteiger partial charge in [0.1, 0.15) is 0 Å². The van der Waals surface area contributed by atoms with E-state index in [0.717, 1.165) is 16.7 Å². The topological polar surface area (TPSA) is 84.5 Å². The molecule has 6 heteroatoms. The summed E-state index contributed by atoms with van der Waals surface area (Å²) in [6.45, 7) is -0.424. The molecule has 1 unspecified atom stereocenters. The molecular formula is C31H28N2O4. The minimum Gasteiger partial charge on any atom is -0.455 e. The van der Waals surface area contributed by atoms with Gasteiger partial charge in [-0.2, -0.15) is 0 Å². The van der Waals surface area contributed by atoms with Crippen molar-refractivity contribution in [2.24, 2.45) is 0 Å². The van der Waals surface area contributed by atoms with E-state index in [-0.39, 0.29) is 12.3 Å². The molecule has 0 bridgehead atoms. The number of benzene rings is 4. The quantitative estimate of drug-likeness (QED) is 0.294. The van der Waals surface area contributed by atoms with Crippen LogP contribution in [0.15, 0.2) is 115 Å². The van der Waals surface area contributed by atoms with Crippen LogP contribution in [-0.2, 0) is 20.7 Å². The first-order valence-electron chi connectivity index (χ1n) is 12.1. The zero-order valence-electron chi connectivity index (χ0n) is 20.3. The Morgan fingerprint density at radius 1 is 0.703 bits per heavy atom. The molecule has 0 aromatic heterocycles. The molecule has 0 radical (unpaired) electrons. The van der Waals surface area contributed by atoms with Crippen molar-refractivity contribution in [3.8, 4) is 0 Å². The standard InChI is InChI=1S/C31H28N2O4/c34-29(32-27-19-11-10-18-26(27)20-23-12-4-1-5-13-23)22-37-30(35)21-28(24-14-6-2-7-15-24)33-31(36)25-16-8-3-9-17-25/h1-19,28H,20-22H2,(H,32,34)(H,33,36). The van der Waals surface area contributed by atoms with E-state index in [1.54, 1.807) is 24.3 Å². The zero-order chi connectivity index (χ0) is 25.9. The van der Waals surface area contributed by atoms with Crippen LogP contribution in [-0.4, -0.2) is 24.4 Å². The van der Waals surface area contributed by atoms with Crippen LogP contribution in [0.2, 0.25) is 0 Å². The molecule has 186 valence electrons. The first kappa shape index (κ1) is 25.4. The number of carbonyl (C=O) groups excluding carboxylic acids is 3. The van der Waals surface area contributed by atoms with E-state index >= 15 is 0 Å². The van der Waals surface area contributed by atoms with E-state index in [1.165, 1.54) is 0 Å². The van der Waals surface area contributed by atoms with Crippen LogP contribution < -0.4 is 10.6 Å². The number of hydrogen-bond acceptors (Lipinski definition) is 4. The highest BCUT2D eigenvalue weighted by Crippen LogP contribution is 2.20. The monoisotopic (exact) mass is 492 g/mol. The lowest BCUT2D eigenvalue weighted by Crippen LogP contribution is -2.31. The molecule has 4 aromatic carbocycles. The molecule has 0 saturated heterocycles. The van der Waals surface area contributed by atoms with Crippen LogP contribution in [0, 0.1) is 0 Å². The lowest BCUT2D eigenvalue weighted by Gasteiger charge is -2.19. The first-order chi connectivity index (χ1) is 18.1. The fourth-order valence-electron chi connectivity index (χ4n) is 3.94. The number of hydrogen-bond donors (Lipinski definition) is 2. The molecule has 0 spiro atoms. The third kappa shape index (κ3) is 7.64. The molecule has 0 aliphatic carbocycles. The highest BCUT2D eigenvalue weighted by Gasteiger charge is 2.21. The van der Waals surface area contributed by atoms with Gasteiger partial charge in [-0.3, -0.25) is 14.4 Å². The van der Waals surface area contributed by atoms with Crippen LogP contribution >= 0.6 is 0 Å².